The highest BCUT2D eigenvalue weighted by molar-refractivity contribution is 9.10. The van der Waals surface area contributed by atoms with Crippen LogP contribution in [0, 0.1) is 5.92 Å². The Bertz CT molecular complexity index is 504. The third kappa shape index (κ3) is 2.33. The van der Waals surface area contributed by atoms with E-state index < -0.39 is 11.8 Å². The molecular weight excluding hydrogens is 300 g/mol. The van der Waals surface area contributed by atoms with Crippen LogP contribution in [0.1, 0.15) is 6.42 Å². The van der Waals surface area contributed by atoms with E-state index in [1.165, 1.54) is 0 Å². The number of primary amides is 1. The highest BCUT2D eigenvalue weighted by atomic mass is 79.9. The number of hydrogen-bond donors (Lipinski definition) is 1. The first kappa shape index (κ1) is 12.9. The zero-order valence-electron chi connectivity index (χ0n) is 9.85. The van der Waals surface area contributed by atoms with E-state index in [0.717, 1.165) is 10.2 Å². The normalized spacial score (nSPS) is 19.1. The van der Waals surface area contributed by atoms with Crippen molar-refractivity contribution in [2.45, 2.75) is 6.42 Å². The van der Waals surface area contributed by atoms with Gasteiger partial charge >= 0.3 is 0 Å². The van der Waals surface area contributed by atoms with Gasteiger partial charge in [0.1, 0.15) is 5.75 Å². The highest BCUT2D eigenvalue weighted by Crippen LogP contribution is 2.33. The Balaban J connectivity index is 2.27. The van der Waals surface area contributed by atoms with Crippen LogP contribution in [-0.4, -0.2) is 25.5 Å². The van der Waals surface area contributed by atoms with Crippen LogP contribution in [0.4, 0.5) is 5.69 Å². The predicted molar refractivity (Wildman–Crippen MR) is 70.3 cm³/mol. The van der Waals surface area contributed by atoms with Crippen LogP contribution >= 0.6 is 15.9 Å². The van der Waals surface area contributed by atoms with Crippen molar-refractivity contribution in [2.24, 2.45) is 11.7 Å². The van der Waals surface area contributed by atoms with Gasteiger partial charge in [0.2, 0.25) is 11.8 Å². The number of carbonyl (C=O) groups excluding carboxylic acids is 2. The molecule has 0 radical (unpaired) electrons. The van der Waals surface area contributed by atoms with Crippen molar-refractivity contribution in [3.05, 3.63) is 22.7 Å². The Morgan fingerprint density at radius 3 is 2.78 bits per heavy atom. The second-order valence-corrected chi connectivity index (χ2v) is 4.98. The molecule has 18 heavy (non-hydrogen) atoms. The summed E-state index contributed by atoms with van der Waals surface area (Å²) in [5, 5.41) is 0. The smallest absolute Gasteiger partial charge is 0.227 e. The van der Waals surface area contributed by atoms with Crippen LogP contribution in [0.5, 0.6) is 5.75 Å². The van der Waals surface area contributed by atoms with Crippen molar-refractivity contribution in [3.63, 3.8) is 0 Å². The second kappa shape index (κ2) is 4.97. The molecule has 1 atom stereocenters. The van der Waals surface area contributed by atoms with E-state index in [0.29, 0.717) is 12.3 Å². The van der Waals surface area contributed by atoms with Gasteiger partial charge in [-0.1, -0.05) is 0 Å². The van der Waals surface area contributed by atoms with Crippen LogP contribution in [-0.2, 0) is 9.59 Å². The Hall–Kier alpha value is -1.56. The average molecular weight is 313 g/mol. The summed E-state index contributed by atoms with van der Waals surface area (Å²) in [6.45, 7) is 0.332. The Kier molecular flexibility index (Phi) is 3.56. The number of ether oxygens (including phenoxy) is 1. The SMILES string of the molecule is COc1ccc(N2CC(C(N)=O)CC2=O)c(Br)c1. The molecule has 0 aromatic heterocycles. The summed E-state index contributed by atoms with van der Waals surface area (Å²) < 4.78 is 5.84. The largest absolute Gasteiger partial charge is 0.497 e. The van der Waals surface area contributed by atoms with Crippen molar-refractivity contribution in [3.8, 4) is 5.75 Å². The number of hydrogen-bond acceptors (Lipinski definition) is 3. The van der Waals surface area contributed by atoms with Gasteiger partial charge in [-0.25, -0.2) is 0 Å². The average Bonchev–Trinajstić information content (AvgIpc) is 2.71. The zero-order chi connectivity index (χ0) is 13.3. The predicted octanol–water partition coefficient (Wildman–Crippen LogP) is 1.30. The summed E-state index contributed by atoms with van der Waals surface area (Å²) in [5.41, 5.74) is 5.96. The van der Waals surface area contributed by atoms with E-state index in [1.807, 2.05) is 0 Å². The lowest BCUT2D eigenvalue weighted by molar-refractivity contribution is -0.123. The quantitative estimate of drug-likeness (QED) is 0.914. The molecule has 96 valence electrons. The molecule has 0 saturated carbocycles. The van der Waals surface area contributed by atoms with Gasteiger partial charge < -0.3 is 15.4 Å². The first-order chi connectivity index (χ1) is 8.52. The molecular formula is C12H13BrN2O3. The summed E-state index contributed by atoms with van der Waals surface area (Å²) in [5.74, 6) is -0.240. The Morgan fingerprint density at radius 1 is 1.56 bits per heavy atom. The molecule has 0 spiro atoms. The van der Waals surface area contributed by atoms with Gasteiger partial charge in [0.05, 0.1) is 18.7 Å². The van der Waals surface area contributed by atoms with Crippen molar-refractivity contribution in [1.29, 1.82) is 0 Å². The van der Waals surface area contributed by atoms with Crippen LogP contribution in [0.2, 0.25) is 0 Å². The van der Waals surface area contributed by atoms with Crippen LogP contribution in [0.15, 0.2) is 22.7 Å². The Labute approximate surface area is 113 Å². The molecule has 5 nitrogen and oxygen atoms in total. The van der Waals surface area contributed by atoms with Crippen LogP contribution in [0.3, 0.4) is 0 Å². The monoisotopic (exact) mass is 312 g/mol. The number of rotatable bonds is 3. The van der Waals surface area contributed by atoms with Gasteiger partial charge in [-0.05, 0) is 34.1 Å². The van der Waals surface area contributed by atoms with E-state index in [-0.39, 0.29) is 12.3 Å². The number of halogens is 1. The van der Waals surface area contributed by atoms with Gasteiger partial charge in [0, 0.05) is 17.4 Å². The fourth-order valence-electron chi connectivity index (χ4n) is 1.96. The number of anilines is 1. The molecule has 1 saturated heterocycles. The number of amides is 2. The zero-order valence-corrected chi connectivity index (χ0v) is 11.4. The van der Waals surface area contributed by atoms with E-state index >= 15 is 0 Å². The topological polar surface area (TPSA) is 72.6 Å². The third-order valence-electron chi connectivity index (χ3n) is 2.97. The molecule has 1 fully saturated rings. The second-order valence-electron chi connectivity index (χ2n) is 4.13. The van der Waals surface area contributed by atoms with Crippen LogP contribution in [0.25, 0.3) is 0 Å². The molecule has 6 heteroatoms. The lowest BCUT2D eigenvalue weighted by Crippen LogP contribution is -2.28. The molecule has 2 N–H and O–H groups in total. The molecule has 1 heterocycles. The lowest BCUT2D eigenvalue weighted by atomic mass is 10.1. The van der Waals surface area contributed by atoms with Gasteiger partial charge in [-0.15, -0.1) is 0 Å². The molecule has 2 amide bonds. The molecule has 0 aliphatic carbocycles. The van der Waals surface area contributed by atoms with Crippen molar-refractivity contribution >= 4 is 33.4 Å². The number of carbonyl (C=O) groups is 2. The van der Waals surface area contributed by atoms with Crippen molar-refractivity contribution in [2.75, 3.05) is 18.6 Å². The first-order valence-electron chi connectivity index (χ1n) is 5.46. The van der Waals surface area contributed by atoms with Gasteiger partial charge in [0.25, 0.3) is 0 Å². The summed E-state index contributed by atoms with van der Waals surface area (Å²) in [4.78, 5) is 24.6. The van der Waals surface area contributed by atoms with E-state index in [9.17, 15) is 9.59 Å². The molecule has 1 unspecified atom stereocenters. The molecule has 2 rings (SSSR count). The number of nitrogens with two attached hydrogens (primary N) is 1. The molecule has 1 aliphatic rings. The third-order valence-corrected chi connectivity index (χ3v) is 3.61. The van der Waals surface area contributed by atoms with Gasteiger partial charge in [0.15, 0.2) is 0 Å². The molecule has 1 aliphatic heterocycles. The minimum absolute atomic E-state index is 0.0929. The Morgan fingerprint density at radius 2 is 2.28 bits per heavy atom. The summed E-state index contributed by atoms with van der Waals surface area (Å²) >= 11 is 3.39. The number of methoxy groups -OCH3 is 1. The lowest BCUT2D eigenvalue weighted by Gasteiger charge is -2.18. The van der Waals surface area contributed by atoms with Gasteiger partial charge in [-0.2, -0.15) is 0 Å². The first-order valence-corrected chi connectivity index (χ1v) is 6.25. The fourth-order valence-corrected chi connectivity index (χ4v) is 2.54. The van der Waals surface area contributed by atoms with E-state index in [1.54, 1.807) is 30.2 Å². The number of benzene rings is 1. The maximum atomic E-state index is 11.9. The van der Waals surface area contributed by atoms with E-state index in [2.05, 4.69) is 15.9 Å². The standard InChI is InChI=1S/C12H13BrN2O3/c1-18-8-2-3-10(9(13)5-8)15-6-7(12(14)17)4-11(15)16/h2-3,5,7H,4,6H2,1H3,(H2,14,17). The highest BCUT2D eigenvalue weighted by Gasteiger charge is 2.34. The van der Waals surface area contributed by atoms with Crippen molar-refractivity contribution in [1.82, 2.24) is 0 Å². The van der Waals surface area contributed by atoms with Crippen LogP contribution < -0.4 is 15.4 Å². The molecule has 1 aromatic carbocycles. The minimum atomic E-state index is -0.435. The molecule has 0 bridgehead atoms. The maximum absolute atomic E-state index is 11.9. The minimum Gasteiger partial charge on any atom is -0.497 e. The number of nitrogens with zero attached hydrogens (tertiary/aromatic N) is 1. The maximum Gasteiger partial charge on any atom is 0.227 e. The van der Waals surface area contributed by atoms with Crippen molar-refractivity contribution < 1.29 is 14.3 Å². The molecule has 1 aromatic rings. The summed E-state index contributed by atoms with van der Waals surface area (Å²) in [6.07, 6.45) is 0.174. The summed E-state index contributed by atoms with van der Waals surface area (Å²) in [6, 6.07) is 5.33. The van der Waals surface area contributed by atoms with E-state index in [4.69, 9.17) is 10.5 Å². The summed E-state index contributed by atoms with van der Waals surface area (Å²) in [7, 11) is 1.57. The fraction of sp³-hybridized carbons (Fsp3) is 0.333. The van der Waals surface area contributed by atoms with Gasteiger partial charge in [-0.3, -0.25) is 9.59 Å².